The van der Waals surface area contributed by atoms with Gasteiger partial charge in [0.25, 0.3) is 0 Å². The van der Waals surface area contributed by atoms with Crippen LogP contribution in [0.1, 0.15) is 21.5 Å². The predicted molar refractivity (Wildman–Crippen MR) is 79.5 cm³/mol. The van der Waals surface area contributed by atoms with E-state index in [2.05, 4.69) is 0 Å². The van der Waals surface area contributed by atoms with E-state index in [0.29, 0.717) is 17.4 Å². The minimum absolute atomic E-state index is 0.382. The molecule has 2 rings (SSSR count). The Morgan fingerprint density at radius 2 is 1.70 bits per heavy atom. The molecule has 0 amide bonds. The zero-order valence-electron chi connectivity index (χ0n) is 10.9. The zero-order chi connectivity index (χ0) is 14.5. The van der Waals surface area contributed by atoms with Crippen LogP contribution in [0.4, 0.5) is 4.39 Å². The fourth-order valence-corrected chi connectivity index (χ4v) is 2.27. The number of carbonyl (C=O) groups is 1. The molecule has 1 atom stereocenters. The Balaban J connectivity index is 2.27. The molecule has 2 aromatic carbocycles. The number of hydrogen-bond donors (Lipinski definition) is 0. The molecule has 0 aliphatic rings. The maximum absolute atomic E-state index is 13.2. The molecule has 0 N–H and O–H groups in total. The first kappa shape index (κ1) is 14.3. The topological polar surface area (TPSA) is 34.1 Å². The second kappa shape index (κ2) is 6.39. The van der Waals surface area contributed by atoms with E-state index in [1.165, 1.54) is 18.2 Å². The molecule has 2 aromatic rings. The molecular weight excluding hydrogens is 275 g/mol. The van der Waals surface area contributed by atoms with Crippen LogP contribution >= 0.6 is 0 Å². The molecule has 0 aliphatic heterocycles. The van der Waals surface area contributed by atoms with Crippen molar-refractivity contribution in [1.82, 2.24) is 0 Å². The van der Waals surface area contributed by atoms with Gasteiger partial charge in [0.2, 0.25) is 0 Å². The Morgan fingerprint density at radius 3 is 2.30 bits per heavy atom. The molecule has 0 fully saturated rings. The van der Waals surface area contributed by atoms with Crippen molar-refractivity contribution in [3.63, 3.8) is 0 Å². The molecule has 20 heavy (non-hydrogen) atoms. The van der Waals surface area contributed by atoms with Crippen molar-refractivity contribution < 1.29 is 13.4 Å². The van der Waals surface area contributed by atoms with Gasteiger partial charge in [-0.15, -0.1) is 0 Å². The van der Waals surface area contributed by atoms with Crippen LogP contribution in [0.5, 0.6) is 0 Å². The van der Waals surface area contributed by atoms with Crippen LogP contribution in [0.15, 0.2) is 47.4 Å². The minimum Gasteiger partial charge on any atom is -0.298 e. The quantitative estimate of drug-likeness (QED) is 0.637. The van der Waals surface area contributed by atoms with Crippen molar-refractivity contribution in [2.24, 2.45) is 0 Å². The molecule has 2 nitrogen and oxygen atoms in total. The van der Waals surface area contributed by atoms with Crippen molar-refractivity contribution in [2.75, 3.05) is 6.26 Å². The summed E-state index contributed by atoms with van der Waals surface area (Å²) in [6, 6.07) is 11.2. The average Bonchev–Trinajstić information content (AvgIpc) is 2.45. The van der Waals surface area contributed by atoms with Gasteiger partial charge in [-0.3, -0.25) is 9.00 Å². The summed E-state index contributed by atoms with van der Waals surface area (Å²) in [5.74, 6) is -0.382. The minimum atomic E-state index is -1.01. The Morgan fingerprint density at radius 1 is 1.00 bits per heavy atom. The Hall–Kier alpha value is -2.07. The van der Waals surface area contributed by atoms with E-state index >= 15 is 0 Å². The molecule has 0 aliphatic carbocycles. The highest BCUT2D eigenvalue weighted by Gasteiger charge is 2.00. The molecule has 0 bridgehead atoms. The van der Waals surface area contributed by atoms with E-state index in [9.17, 15) is 13.4 Å². The molecule has 102 valence electrons. The molecule has 0 saturated carbocycles. The molecule has 1 unspecified atom stereocenters. The number of rotatable bonds is 4. The second-order valence-electron chi connectivity index (χ2n) is 4.25. The standard InChI is InChI=1S/C16H13FO2S/c1-20(19)16-8-3-12(4-9-16)2-5-13-10-15(17)7-6-14(13)11-18/h2-11H,1H3/b5-2-. The number of carbonyl (C=O) groups excluding carboxylic acids is 1. The van der Waals surface area contributed by atoms with Crippen molar-refractivity contribution in [3.05, 3.63) is 65.0 Å². The van der Waals surface area contributed by atoms with Gasteiger partial charge in [-0.05, 0) is 41.5 Å². The summed E-state index contributed by atoms with van der Waals surface area (Å²) in [5, 5.41) is 0. The molecule has 0 heterocycles. The van der Waals surface area contributed by atoms with E-state index in [-0.39, 0.29) is 5.82 Å². The Kier molecular flexibility index (Phi) is 4.58. The SMILES string of the molecule is CS(=O)c1ccc(/C=C\c2cc(F)ccc2C=O)cc1. The highest BCUT2D eigenvalue weighted by Crippen LogP contribution is 2.15. The summed E-state index contributed by atoms with van der Waals surface area (Å²) in [5.41, 5.74) is 1.86. The lowest BCUT2D eigenvalue weighted by Gasteiger charge is -2.00. The van der Waals surface area contributed by atoms with Gasteiger partial charge < -0.3 is 0 Å². The second-order valence-corrected chi connectivity index (χ2v) is 5.63. The Labute approximate surface area is 119 Å². The summed E-state index contributed by atoms with van der Waals surface area (Å²) in [4.78, 5) is 11.6. The lowest BCUT2D eigenvalue weighted by molar-refractivity contribution is 0.112. The first-order valence-corrected chi connectivity index (χ1v) is 7.52. The van der Waals surface area contributed by atoms with Crippen molar-refractivity contribution in [3.8, 4) is 0 Å². The van der Waals surface area contributed by atoms with Gasteiger partial charge in [-0.25, -0.2) is 4.39 Å². The van der Waals surface area contributed by atoms with E-state index in [1.807, 2.05) is 12.1 Å². The van der Waals surface area contributed by atoms with Gasteiger partial charge in [0, 0.05) is 27.5 Å². The molecule has 0 saturated heterocycles. The summed E-state index contributed by atoms with van der Waals surface area (Å²) >= 11 is 0. The normalized spacial score (nSPS) is 12.5. The summed E-state index contributed by atoms with van der Waals surface area (Å²) in [7, 11) is -1.01. The fraction of sp³-hybridized carbons (Fsp3) is 0.0625. The third-order valence-electron chi connectivity index (χ3n) is 2.84. The molecule has 0 spiro atoms. The number of benzene rings is 2. The van der Waals surface area contributed by atoms with E-state index in [1.54, 1.807) is 30.5 Å². The van der Waals surface area contributed by atoms with Crippen LogP contribution in [0.3, 0.4) is 0 Å². The van der Waals surface area contributed by atoms with Gasteiger partial charge in [0.1, 0.15) is 5.82 Å². The first-order valence-electron chi connectivity index (χ1n) is 5.96. The fourth-order valence-electron chi connectivity index (χ4n) is 1.75. The largest absolute Gasteiger partial charge is 0.298 e. The van der Waals surface area contributed by atoms with Crippen LogP contribution in [0.2, 0.25) is 0 Å². The van der Waals surface area contributed by atoms with Gasteiger partial charge in [0.05, 0.1) is 0 Å². The van der Waals surface area contributed by atoms with Gasteiger partial charge in [0.15, 0.2) is 6.29 Å². The van der Waals surface area contributed by atoms with Crippen molar-refractivity contribution >= 4 is 29.2 Å². The monoisotopic (exact) mass is 288 g/mol. The third-order valence-corrected chi connectivity index (χ3v) is 3.78. The van der Waals surface area contributed by atoms with E-state index in [4.69, 9.17) is 0 Å². The van der Waals surface area contributed by atoms with Crippen LogP contribution in [0.25, 0.3) is 12.2 Å². The molecule has 4 heteroatoms. The highest BCUT2D eigenvalue weighted by atomic mass is 32.2. The summed E-state index contributed by atoms with van der Waals surface area (Å²) in [6.07, 6.45) is 5.78. The van der Waals surface area contributed by atoms with Gasteiger partial charge in [-0.2, -0.15) is 0 Å². The summed E-state index contributed by atoms with van der Waals surface area (Å²) < 4.78 is 24.4. The maximum Gasteiger partial charge on any atom is 0.150 e. The Bertz CT molecular complexity index is 675. The van der Waals surface area contributed by atoms with Gasteiger partial charge in [-0.1, -0.05) is 24.3 Å². The van der Waals surface area contributed by atoms with Crippen LogP contribution in [-0.4, -0.2) is 16.8 Å². The third kappa shape index (κ3) is 3.48. The lowest BCUT2D eigenvalue weighted by atomic mass is 10.1. The average molecular weight is 288 g/mol. The molecule has 0 radical (unpaired) electrons. The van der Waals surface area contributed by atoms with Crippen molar-refractivity contribution in [2.45, 2.75) is 4.90 Å². The maximum atomic E-state index is 13.2. The molecule has 0 aromatic heterocycles. The highest BCUT2D eigenvalue weighted by molar-refractivity contribution is 7.84. The van der Waals surface area contributed by atoms with Crippen LogP contribution < -0.4 is 0 Å². The summed E-state index contributed by atoms with van der Waals surface area (Å²) in [6.45, 7) is 0. The van der Waals surface area contributed by atoms with Crippen molar-refractivity contribution in [1.29, 1.82) is 0 Å². The van der Waals surface area contributed by atoms with E-state index < -0.39 is 10.8 Å². The van der Waals surface area contributed by atoms with Gasteiger partial charge >= 0.3 is 0 Å². The zero-order valence-corrected chi connectivity index (χ0v) is 11.7. The lowest BCUT2D eigenvalue weighted by Crippen LogP contribution is -1.88. The van der Waals surface area contributed by atoms with Crippen LogP contribution in [-0.2, 0) is 10.8 Å². The number of halogens is 1. The number of aldehydes is 1. The number of hydrogen-bond acceptors (Lipinski definition) is 2. The molecular formula is C16H13FO2S. The van der Waals surface area contributed by atoms with Crippen LogP contribution in [0, 0.1) is 5.82 Å². The predicted octanol–water partition coefficient (Wildman–Crippen LogP) is 3.55. The smallest absolute Gasteiger partial charge is 0.150 e. The van der Waals surface area contributed by atoms with E-state index in [0.717, 1.165) is 10.5 Å². The first-order chi connectivity index (χ1) is 9.60.